The zero-order valence-corrected chi connectivity index (χ0v) is 19.9. The number of ether oxygens (including phenoxy) is 1. The topological polar surface area (TPSA) is 84.0 Å². The van der Waals surface area contributed by atoms with Crippen LogP contribution in [0.5, 0.6) is 5.75 Å². The van der Waals surface area contributed by atoms with Gasteiger partial charge in [0.15, 0.2) is 0 Å². The van der Waals surface area contributed by atoms with Crippen LogP contribution in [0.1, 0.15) is 18.4 Å². The summed E-state index contributed by atoms with van der Waals surface area (Å²) in [7, 11) is 0. The Kier molecular flexibility index (Phi) is 4.56. The van der Waals surface area contributed by atoms with Gasteiger partial charge in [-0.2, -0.15) is 0 Å². The summed E-state index contributed by atoms with van der Waals surface area (Å²) in [5.74, 6) is -0.393. The first-order valence-electron chi connectivity index (χ1n) is 12.7. The van der Waals surface area contributed by atoms with Crippen molar-refractivity contribution in [2.24, 2.45) is 41.4 Å². The molecule has 2 saturated carbocycles. The summed E-state index contributed by atoms with van der Waals surface area (Å²) in [6.07, 6.45) is 5.49. The molecule has 0 unspecified atom stereocenters. The van der Waals surface area contributed by atoms with Crippen molar-refractivity contribution in [1.82, 2.24) is 0 Å². The van der Waals surface area contributed by atoms with Crippen molar-refractivity contribution in [2.45, 2.75) is 19.8 Å². The molecule has 2 heterocycles. The van der Waals surface area contributed by atoms with Gasteiger partial charge in [-0.1, -0.05) is 35.9 Å². The first-order chi connectivity index (χ1) is 17.4. The second-order valence-electron chi connectivity index (χ2n) is 10.8. The second kappa shape index (κ2) is 7.63. The van der Waals surface area contributed by atoms with Gasteiger partial charge in [-0.3, -0.25) is 19.2 Å². The molecule has 0 radical (unpaired) electrons. The second-order valence-corrected chi connectivity index (χ2v) is 10.8. The maximum absolute atomic E-state index is 13.4. The van der Waals surface area contributed by atoms with Gasteiger partial charge in [0, 0.05) is 24.7 Å². The summed E-state index contributed by atoms with van der Waals surface area (Å²) >= 11 is 0. The number of nitrogens with zero attached hydrogens (tertiary/aromatic N) is 2. The van der Waals surface area contributed by atoms with Crippen LogP contribution in [0, 0.1) is 48.3 Å². The largest absolute Gasteiger partial charge is 0.426 e. The van der Waals surface area contributed by atoms with Crippen molar-refractivity contribution in [2.75, 3.05) is 16.3 Å². The Balaban J connectivity index is 1.07. The molecule has 6 aliphatic rings. The lowest BCUT2D eigenvalue weighted by molar-refractivity contribution is -0.139. The van der Waals surface area contributed by atoms with Crippen LogP contribution in [0.3, 0.4) is 0 Å². The fraction of sp³-hybridized carbons (Fsp3) is 0.379. The Bertz CT molecular complexity index is 1310. The minimum atomic E-state index is -0.589. The standard InChI is InChI=1S/C29H26N2O5/c1-15-5-7-17(8-6-15)30-14-16(11-24(30)32)29(35)36-19-4-2-3-18(12-19)31-27(33)25-20-9-10-21(23-13-22(20)23)26(25)28(31)34/h2-10,12,16,20-23,25-26H,11,13-14H2,1H3/t16-,20+,21+,22-,23+,25-,26+/m1/s1. The van der Waals surface area contributed by atoms with Gasteiger partial charge in [-0.25, -0.2) is 4.90 Å². The lowest BCUT2D eigenvalue weighted by Crippen LogP contribution is -2.40. The van der Waals surface area contributed by atoms with Crippen molar-refractivity contribution >= 4 is 35.1 Å². The maximum Gasteiger partial charge on any atom is 0.316 e. The summed E-state index contributed by atoms with van der Waals surface area (Å²) in [6.45, 7) is 2.23. The number of benzene rings is 2. The average Bonchev–Trinajstić information content (AvgIpc) is 3.55. The van der Waals surface area contributed by atoms with E-state index in [0.717, 1.165) is 17.7 Å². The van der Waals surface area contributed by atoms with Gasteiger partial charge >= 0.3 is 5.97 Å². The van der Waals surface area contributed by atoms with E-state index in [0.29, 0.717) is 17.5 Å². The van der Waals surface area contributed by atoms with Crippen LogP contribution in [0.15, 0.2) is 60.7 Å². The van der Waals surface area contributed by atoms with Crippen molar-refractivity contribution in [3.63, 3.8) is 0 Å². The van der Waals surface area contributed by atoms with Crippen LogP contribution >= 0.6 is 0 Å². The molecule has 7 nitrogen and oxygen atoms in total. The third kappa shape index (κ3) is 3.11. The van der Waals surface area contributed by atoms with Crippen LogP contribution in [0.2, 0.25) is 0 Å². The molecule has 3 amide bonds. The molecule has 7 heteroatoms. The average molecular weight is 483 g/mol. The summed E-state index contributed by atoms with van der Waals surface area (Å²) in [5.41, 5.74) is 2.29. The van der Waals surface area contributed by atoms with Gasteiger partial charge in [0.25, 0.3) is 0 Å². The smallest absolute Gasteiger partial charge is 0.316 e. The van der Waals surface area contributed by atoms with Crippen molar-refractivity contribution < 1.29 is 23.9 Å². The van der Waals surface area contributed by atoms with Crippen LogP contribution < -0.4 is 14.5 Å². The molecule has 0 N–H and O–H groups in total. The van der Waals surface area contributed by atoms with E-state index in [1.807, 2.05) is 31.2 Å². The number of aryl methyl sites for hydroxylation is 1. The van der Waals surface area contributed by atoms with E-state index in [1.54, 1.807) is 29.2 Å². The lowest BCUT2D eigenvalue weighted by Gasteiger charge is -2.37. The quantitative estimate of drug-likeness (QED) is 0.288. The van der Waals surface area contributed by atoms with Crippen LogP contribution in [-0.2, 0) is 19.2 Å². The highest BCUT2D eigenvalue weighted by Crippen LogP contribution is 2.65. The van der Waals surface area contributed by atoms with Gasteiger partial charge < -0.3 is 9.64 Å². The third-order valence-corrected chi connectivity index (χ3v) is 8.76. The molecule has 7 atom stereocenters. The Morgan fingerprint density at radius 2 is 1.56 bits per heavy atom. The van der Waals surface area contributed by atoms with E-state index in [2.05, 4.69) is 12.2 Å². The van der Waals surface area contributed by atoms with Crippen molar-refractivity contribution in [1.29, 1.82) is 0 Å². The highest BCUT2D eigenvalue weighted by atomic mass is 16.5. The Morgan fingerprint density at radius 3 is 2.22 bits per heavy atom. The molecule has 4 aliphatic carbocycles. The first kappa shape index (κ1) is 21.5. The number of hydrogen-bond donors (Lipinski definition) is 0. The van der Waals surface area contributed by atoms with E-state index < -0.39 is 11.9 Å². The first-order valence-corrected chi connectivity index (χ1v) is 12.7. The van der Waals surface area contributed by atoms with E-state index in [9.17, 15) is 19.2 Å². The molecule has 4 fully saturated rings. The summed E-state index contributed by atoms with van der Waals surface area (Å²) in [4.78, 5) is 55.2. The highest BCUT2D eigenvalue weighted by Gasteiger charge is 2.67. The number of rotatable bonds is 4. The molecule has 2 aromatic rings. The number of carbonyl (C=O) groups is 4. The molecule has 8 rings (SSSR count). The van der Waals surface area contributed by atoms with E-state index in [-0.39, 0.29) is 60.1 Å². The zero-order valence-electron chi connectivity index (χ0n) is 19.9. The number of amides is 3. The molecular weight excluding hydrogens is 456 g/mol. The summed E-state index contributed by atoms with van der Waals surface area (Å²) in [6, 6.07) is 14.2. The number of allylic oxidation sites excluding steroid dienone is 2. The predicted octanol–water partition coefficient (Wildman–Crippen LogP) is 3.51. The number of imide groups is 1. The van der Waals surface area contributed by atoms with Crippen molar-refractivity contribution in [3.8, 4) is 5.75 Å². The SMILES string of the molecule is Cc1ccc(N2C[C@H](C(=O)Oc3cccc(N4C(=O)[C@@H]5[C@H]6C=C[C@@H]([C@@H]7C[C@H]67)[C@@H]5C4=O)c3)CC2=O)cc1. The van der Waals surface area contributed by atoms with Gasteiger partial charge in [0.1, 0.15) is 5.75 Å². The lowest BCUT2D eigenvalue weighted by atomic mass is 9.63. The molecule has 2 aliphatic heterocycles. The van der Waals surface area contributed by atoms with Gasteiger partial charge in [-0.05, 0) is 61.3 Å². The molecule has 0 aromatic heterocycles. The molecule has 2 saturated heterocycles. The fourth-order valence-corrected chi connectivity index (χ4v) is 6.94. The predicted molar refractivity (Wildman–Crippen MR) is 131 cm³/mol. The van der Waals surface area contributed by atoms with E-state index >= 15 is 0 Å². The molecule has 2 aromatic carbocycles. The Labute approximate surface area is 208 Å². The van der Waals surface area contributed by atoms with Crippen LogP contribution in [0.25, 0.3) is 0 Å². The summed E-state index contributed by atoms with van der Waals surface area (Å²) in [5, 5.41) is 0. The molecule has 0 spiro atoms. The van der Waals surface area contributed by atoms with Crippen LogP contribution in [0.4, 0.5) is 11.4 Å². The minimum absolute atomic E-state index is 0.0803. The maximum atomic E-state index is 13.4. The fourth-order valence-electron chi connectivity index (χ4n) is 6.94. The molecule has 182 valence electrons. The monoisotopic (exact) mass is 482 g/mol. The molecule has 36 heavy (non-hydrogen) atoms. The van der Waals surface area contributed by atoms with Gasteiger partial charge in [0.05, 0.1) is 23.4 Å². The Hall–Kier alpha value is -3.74. The Morgan fingerprint density at radius 1 is 0.889 bits per heavy atom. The number of esters is 1. The van der Waals surface area contributed by atoms with E-state index in [4.69, 9.17) is 4.74 Å². The number of anilines is 2. The highest BCUT2D eigenvalue weighted by molar-refractivity contribution is 6.22. The number of carbonyl (C=O) groups excluding carboxylic acids is 4. The summed E-state index contributed by atoms with van der Waals surface area (Å²) < 4.78 is 5.64. The zero-order chi connectivity index (χ0) is 24.7. The normalized spacial score (nSPS) is 33.7. The molecular formula is C29H26N2O5. The number of hydrogen-bond acceptors (Lipinski definition) is 5. The minimum Gasteiger partial charge on any atom is -0.426 e. The molecule has 2 bridgehead atoms. The van der Waals surface area contributed by atoms with Crippen LogP contribution in [-0.4, -0.2) is 30.2 Å². The van der Waals surface area contributed by atoms with Crippen molar-refractivity contribution in [3.05, 3.63) is 66.2 Å². The third-order valence-electron chi connectivity index (χ3n) is 8.76. The van der Waals surface area contributed by atoms with E-state index in [1.165, 1.54) is 4.90 Å². The van der Waals surface area contributed by atoms with Gasteiger partial charge in [-0.15, -0.1) is 0 Å². The van der Waals surface area contributed by atoms with Gasteiger partial charge in [0.2, 0.25) is 17.7 Å².